The third-order valence-electron chi connectivity index (χ3n) is 9.35. The fourth-order valence-corrected chi connectivity index (χ4v) is 7.31. The summed E-state index contributed by atoms with van der Waals surface area (Å²) >= 11 is 0. The molecule has 3 fully saturated rings. The molecule has 0 radical (unpaired) electrons. The van der Waals surface area contributed by atoms with Gasteiger partial charge in [0.25, 0.3) is 0 Å². The van der Waals surface area contributed by atoms with Crippen molar-refractivity contribution in [3.63, 3.8) is 0 Å². The highest BCUT2D eigenvalue weighted by molar-refractivity contribution is 5.75. The van der Waals surface area contributed by atoms with Crippen LogP contribution in [0, 0.1) is 58.5 Å². The predicted octanol–water partition coefficient (Wildman–Crippen LogP) is 8.35. The van der Waals surface area contributed by atoms with Crippen molar-refractivity contribution in [1.82, 2.24) is 0 Å². The number of nitriles is 1. The molecule has 192 valence electrons. The molecule has 3 aliphatic rings. The van der Waals surface area contributed by atoms with Crippen LogP contribution in [0.3, 0.4) is 0 Å². The minimum absolute atomic E-state index is 0.162. The average molecular weight is 486 g/mol. The van der Waals surface area contributed by atoms with E-state index in [1.165, 1.54) is 76.7 Å². The van der Waals surface area contributed by atoms with Gasteiger partial charge in [0.15, 0.2) is 0 Å². The van der Waals surface area contributed by atoms with Crippen LogP contribution < -0.4 is 4.74 Å². The van der Waals surface area contributed by atoms with E-state index in [0.29, 0.717) is 5.92 Å². The fraction of sp³-hybridized carbons (Fsp3) is 0.733. The summed E-state index contributed by atoms with van der Waals surface area (Å²) in [6.07, 6.45) is 19.0. The van der Waals surface area contributed by atoms with E-state index in [9.17, 15) is 13.6 Å². The molecule has 0 aromatic heterocycles. The highest BCUT2D eigenvalue weighted by Gasteiger charge is 2.39. The standard InChI is InChI=1S/C30H41F2NO2/c1-2-3-4-5-6-20-7-8-25-16-24(14-13-23(25)15-20)21-9-11-22(12-10-21)30(34)35-26-17-28(31)27(19-33)29(32)18-26/h17-18,20-25H,2-16H2,1H3. The zero-order valence-electron chi connectivity index (χ0n) is 21.2. The first kappa shape index (κ1) is 26.1. The Morgan fingerprint density at radius 3 is 2.14 bits per heavy atom. The lowest BCUT2D eigenvalue weighted by Gasteiger charge is -2.45. The van der Waals surface area contributed by atoms with E-state index in [2.05, 4.69) is 6.92 Å². The van der Waals surface area contributed by atoms with E-state index >= 15 is 0 Å². The lowest BCUT2D eigenvalue weighted by molar-refractivity contribution is -0.140. The van der Waals surface area contributed by atoms with Crippen LogP contribution in [0.15, 0.2) is 12.1 Å². The molecule has 0 aliphatic heterocycles. The second-order valence-electron chi connectivity index (χ2n) is 11.5. The second-order valence-corrected chi connectivity index (χ2v) is 11.5. The van der Waals surface area contributed by atoms with Crippen molar-refractivity contribution in [3.8, 4) is 11.8 Å². The Balaban J connectivity index is 1.21. The van der Waals surface area contributed by atoms with Gasteiger partial charge in [-0.1, -0.05) is 45.4 Å². The molecule has 0 amide bonds. The second kappa shape index (κ2) is 12.3. The lowest BCUT2D eigenvalue weighted by Crippen LogP contribution is -2.35. The Kier molecular flexibility index (Phi) is 9.20. The van der Waals surface area contributed by atoms with Gasteiger partial charge in [-0.05, 0) is 87.4 Å². The maximum Gasteiger partial charge on any atom is 0.314 e. The zero-order valence-corrected chi connectivity index (χ0v) is 21.2. The van der Waals surface area contributed by atoms with E-state index in [4.69, 9.17) is 10.00 Å². The smallest absolute Gasteiger partial charge is 0.314 e. The molecule has 0 spiro atoms. The van der Waals surface area contributed by atoms with Crippen molar-refractivity contribution >= 4 is 5.97 Å². The molecule has 4 unspecified atom stereocenters. The Morgan fingerprint density at radius 1 is 0.886 bits per heavy atom. The number of unbranched alkanes of at least 4 members (excludes halogenated alkanes) is 3. The number of rotatable bonds is 8. The molecule has 1 aromatic carbocycles. The number of benzene rings is 1. The summed E-state index contributed by atoms with van der Waals surface area (Å²) in [6, 6.07) is 3.32. The lowest BCUT2D eigenvalue weighted by atomic mass is 9.60. The highest BCUT2D eigenvalue weighted by Crippen LogP contribution is 2.49. The van der Waals surface area contributed by atoms with Crippen LogP contribution >= 0.6 is 0 Å². The topological polar surface area (TPSA) is 50.1 Å². The molecular weight excluding hydrogens is 444 g/mol. The van der Waals surface area contributed by atoms with E-state index in [1.807, 2.05) is 0 Å². The monoisotopic (exact) mass is 485 g/mol. The number of hydrogen-bond donors (Lipinski definition) is 0. The van der Waals surface area contributed by atoms with E-state index < -0.39 is 23.2 Å². The maximum absolute atomic E-state index is 13.8. The van der Waals surface area contributed by atoms with Gasteiger partial charge >= 0.3 is 5.97 Å². The number of halogens is 2. The summed E-state index contributed by atoms with van der Waals surface area (Å²) in [4.78, 5) is 12.6. The van der Waals surface area contributed by atoms with E-state index in [0.717, 1.165) is 61.5 Å². The summed E-state index contributed by atoms with van der Waals surface area (Å²) in [7, 11) is 0. The molecule has 0 N–H and O–H groups in total. The molecule has 5 heteroatoms. The van der Waals surface area contributed by atoms with Crippen molar-refractivity contribution < 1.29 is 18.3 Å². The van der Waals surface area contributed by atoms with Crippen LogP contribution in [0.25, 0.3) is 0 Å². The van der Waals surface area contributed by atoms with Crippen LogP contribution in [0.2, 0.25) is 0 Å². The molecule has 0 bridgehead atoms. The number of carbonyl (C=O) groups excluding carboxylic acids is 1. The first-order valence-corrected chi connectivity index (χ1v) is 14.1. The third-order valence-corrected chi connectivity index (χ3v) is 9.35. The summed E-state index contributed by atoms with van der Waals surface area (Å²) in [5.74, 6) is 1.50. The Labute approximate surface area is 209 Å². The summed E-state index contributed by atoms with van der Waals surface area (Å²) in [5.41, 5.74) is -0.652. The first-order valence-electron chi connectivity index (χ1n) is 14.1. The SMILES string of the molecule is CCCCCCC1CCC2CC(C3CCC(C(=O)Oc4cc(F)c(C#N)c(F)c4)CC3)CCC2C1. The minimum atomic E-state index is -1.000. The van der Waals surface area contributed by atoms with Gasteiger partial charge in [-0.15, -0.1) is 0 Å². The molecule has 1 aromatic rings. The molecule has 0 saturated heterocycles. The van der Waals surface area contributed by atoms with Crippen LogP contribution in [-0.4, -0.2) is 5.97 Å². The molecule has 4 rings (SSSR count). The summed E-state index contributed by atoms with van der Waals surface area (Å²) in [6.45, 7) is 2.28. The van der Waals surface area contributed by atoms with Gasteiger partial charge in [0.1, 0.15) is 29.0 Å². The largest absolute Gasteiger partial charge is 0.426 e. The van der Waals surface area contributed by atoms with Gasteiger partial charge in [0.05, 0.1) is 5.92 Å². The number of esters is 1. The van der Waals surface area contributed by atoms with Gasteiger partial charge in [-0.2, -0.15) is 5.26 Å². The van der Waals surface area contributed by atoms with Crippen LogP contribution in [0.1, 0.15) is 109 Å². The third kappa shape index (κ3) is 6.63. The fourth-order valence-electron chi connectivity index (χ4n) is 7.31. The molecule has 3 aliphatic carbocycles. The van der Waals surface area contributed by atoms with Gasteiger partial charge in [-0.25, -0.2) is 8.78 Å². The quantitative estimate of drug-likeness (QED) is 0.211. The summed E-state index contributed by atoms with van der Waals surface area (Å²) < 4.78 is 32.9. The van der Waals surface area contributed by atoms with Crippen molar-refractivity contribution in [3.05, 3.63) is 29.3 Å². The Morgan fingerprint density at radius 2 is 1.49 bits per heavy atom. The van der Waals surface area contributed by atoms with Crippen LogP contribution in [0.4, 0.5) is 8.78 Å². The normalized spacial score (nSPS) is 30.8. The number of ether oxygens (including phenoxy) is 1. The van der Waals surface area contributed by atoms with Crippen LogP contribution in [0.5, 0.6) is 5.75 Å². The van der Waals surface area contributed by atoms with Crippen molar-refractivity contribution in [1.29, 1.82) is 5.26 Å². The highest BCUT2D eigenvalue weighted by atomic mass is 19.1. The Hall–Kier alpha value is -1.96. The average Bonchev–Trinajstić information content (AvgIpc) is 2.86. The van der Waals surface area contributed by atoms with Gasteiger partial charge < -0.3 is 4.74 Å². The minimum Gasteiger partial charge on any atom is -0.426 e. The van der Waals surface area contributed by atoms with Crippen molar-refractivity contribution in [2.24, 2.45) is 35.5 Å². The molecule has 3 nitrogen and oxygen atoms in total. The predicted molar refractivity (Wildman–Crippen MR) is 133 cm³/mol. The van der Waals surface area contributed by atoms with Gasteiger partial charge in [0, 0.05) is 12.1 Å². The zero-order chi connectivity index (χ0) is 24.8. The van der Waals surface area contributed by atoms with Gasteiger partial charge in [-0.3, -0.25) is 4.79 Å². The molecule has 4 atom stereocenters. The van der Waals surface area contributed by atoms with Crippen molar-refractivity contribution in [2.75, 3.05) is 0 Å². The molecule has 3 saturated carbocycles. The summed E-state index contributed by atoms with van der Waals surface area (Å²) in [5, 5.41) is 8.79. The number of carbonyl (C=O) groups is 1. The van der Waals surface area contributed by atoms with Crippen LogP contribution in [-0.2, 0) is 4.79 Å². The number of nitrogens with zero attached hydrogens (tertiary/aromatic N) is 1. The number of hydrogen-bond acceptors (Lipinski definition) is 3. The molecule has 0 heterocycles. The number of fused-ring (bicyclic) bond motifs is 1. The molecular formula is C30H41F2NO2. The van der Waals surface area contributed by atoms with E-state index in [-0.39, 0.29) is 11.7 Å². The molecule has 35 heavy (non-hydrogen) atoms. The van der Waals surface area contributed by atoms with E-state index in [1.54, 1.807) is 0 Å². The van der Waals surface area contributed by atoms with Gasteiger partial charge in [0.2, 0.25) is 0 Å². The Bertz CT molecular complexity index is 879. The van der Waals surface area contributed by atoms with Crippen molar-refractivity contribution in [2.45, 2.75) is 103 Å². The first-order chi connectivity index (χ1) is 17.0. The maximum atomic E-state index is 13.8.